The number of hydrogen-bond acceptors (Lipinski definition) is 4. The van der Waals surface area contributed by atoms with Crippen molar-refractivity contribution in [3.8, 4) is 10.8 Å². The van der Waals surface area contributed by atoms with Crippen LogP contribution in [0.2, 0.25) is 0 Å². The Morgan fingerprint density at radius 1 is 1.42 bits per heavy atom. The predicted octanol–water partition coefficient (Wildman–Crippen LogP) is 3.47. The number of thiophene rings is 1. The van der Waals surface area contributed by atoms with E-state index in [4.69, 9.17) is 4.42 Å². The summed E-state index contributed by atoms with van der Waals surface area (Å²) < 4.78 is 5.50. The van der Waals surface area contributed by atoms with Crippen LogP contribution in [0, 0.1) is 0 Å². The van der Waals surface area contributed by atoms with Crippen molar-refractivity contribution in [1.82, 2.24) is 4.98 Å². The van der Waals surface area contributed by atoms with E-state index in [9.17, 15) is 9.90 Å². The number of hydrogen-bond donors (Lipinski definition) is 1. The highest BCUT2D eigenvalue weighted by Crippen LogP contribution is 2.43. The van der Waals surface area contributed by atoms with Crippen LogP contribution < -0.4 is 0 Å². The lowest BCUT2D eigenvalue weighted by Gasteiger charge is -1.89. The number of carbonyl (C=O) groups is 1. The van der Waals surface area contributed by atoms with Crippen molar-refractivity contribution in [3.05, 3.63) is 28.0 Å². The Morgan fingerprint density at radius 2 is 2.26 bits per heavy atom. The number of aromatic nitrogens is 1. The zero-order chi connectivity index (χ0) is 13.0. The summed E-state index contributed by atoms with van der Waals surface area (Å²) >= 11 is 1.69. The van der Waals surface area contributed by atoms with Gasteiger partial charge in [0, 0.05) is 10.8 Å². The zero-order valence-corrected chi connectivity index (χ0v) is 11.1. The molecule has 2 aliphatic rings. The van der Waals surface area contributed by atoms with E-state index in [2.05, 4.69) is 11.1 Å². The highest BCUT2D eigenvalue weighted by atomic mass is 32.1. The van der Waals surface area contributed by atoms with Crippen LogP contribution in [0.4, 0.5) is 0 Å². The standard InChI is InChI=1S/C14H13NO3S/c16-14(17)12-11(7-4-5-7)15-13(18-12)10-6-8-2-1-3-9(8)19-10/h6-7H,1-5H2,(H,16,17). The third kappa shape index (κ3) is 1.80. The molecular weight excluding hydrogens is 262 g/mol. The highest BCUT2D eigenvalue weighted by molar-refractivity contribution is 7.15. The largest absolute Gasteiger partial charge is 0.475 e. The molecular formula is C14H13NO3S. The number of carboxylic acid groups (broad SMARTS) is 1. The predicted molar refractivity (Wildman–Crippen MR) is 70.8 cm³/mol. The van der Waals surface area contributed by atoms with Crippen LogP contribution in [0.1, 0.15) is 51.9 Å². The molecule has 1 N–H and O–H groups in total. The minimum atomic E-state index is -1.01. The number of aryl methyl sites for hydroxylation is 2. The maximum atomic E-state index is 11.2. The summed E-state index contributed by atoms with van der Waals surface area (Å²) in [6, 6.07) is 2.11. The highest BCUT2D eigenvalue weighted by Gasteiger charge is 2.34. The molecule has 0 atom stereocenters. The molecule has 5 heteroatoms. The van der Waals surface area contributed by atoms with Crippen molar-refractivity contribution < 1.29 is 14.3 Å². The summed E-state index contributed by atoms with van der Waals surface area (Å²) in [5.74, 6) is -0.204. The maximum Gasteiger partial charge on any atom is 0.373 e. The van der Waals surface area contributed by atoms with Crippen molar-refractivity contribution in [2.75, 3.05) is 0 Å². The topological polar surface area (TPSA) is 63.3 Å². The van der Waals surface area contributed by atoms with E-state index < -0.39 is 5.97 Å². The molecule has 0 bridgehead atoms. The molecule has 4 nitrogen and oxygen atoms in total. The van der Waals surface area contributed by atoms with E-state index in [1.807, 2.05) is 0 Å². The van der Waals surface area contributed by atoms with Crippen LogP contribution in [0.25, 0.3) is 10.8 Å². The summed E-state index contributed by atoms with van der Waals surface area (Å²) in [5, 5.41) is 9.19. The van der Waals surface area contributed by atoms with Crippen LogP contribution >= 0.6 is 11.3 Å². The summed E-state index contributed by atoms with van der Waals surface area (Å²) in [5.41, 5.74) is 2.01. The molecule has 0 aromatic carbocycles. The summed E-state index contributed by atoms with van der Waals surface area (Å²) in [6.07, 6.45) is 5.51. The number of nitrogens with zero attached hydrogens (tertiary/aromatic N) is 1. The van der Waals surface area contributed by atoms with Crippen molar-refractivity contribution >= 4 is 17.3 Å². The van der Waals surface area contributed by atoms with Gasteiger partial charge in [0.1, 0.15) is 0 Å². The number of aromatic carboxylic acids is 1. The monoisotopic (exact) mass is 275 g/mol. The molecule has 0 spiro atoms. The Labute approximate surface area is 114 Å². The fraction of sp³-hybridized carbons (Fsp3) is 0.429. The number of rotatable bonds is 3. The first kappa shape index (κ1) is 11.2. The van der Waals surface area contributed by atoms with E-state index in [-0.39, 0.29) is 11.7 Å². The molecule has 1 fully saturated rings. The molecule has 19 heavy (non-hydrogen) atoms. The fourth-order valence-electron chi connectivity index (χ4n) is 2.66. The summed E-state index contributed by atoms with van der Waals surface area (Å²) in [4.78, 5) is 18.0. The SMILES string of the molecule is O=C(O)c1oc(-c2cc3c(s2)CCC3)nc1C1CC1. The first-order chi connectivity index (χ1) is 9.22. The number of carboxylic acids is 1. The summed E-state index contributed by atoms with van der Waals surface area (Å²) in [6.45, 7) is 0. The molecule has 0 amide bonds. The molecule has 0 radical (unpaired) electrons. The van der Waals surface area contributed by atoms with Crippen LogP contribution in [0.3, 0.4) is 0 Å². The lowest BCUT2D eigenvalue weighted by atomic mass is 10.2. The van der Waals surface area contributed by atoms with Gasteiger partial charge in [-0.3, -0.25) is 0 Å². The Hall–Kier alpha value is -1.62. The molecule has 98 valence electrons. The Morgan fingerprint density at radius 3 is 2.95 bits per heavy atom. The van der Waals surface area contributed by atoms with E-state index in [0.717, 1.165) is 30.6 Å². The Kier molecular flexibility index (Phi) is 2.33. The van der Waals surface area contributed by atoms with Crippen LogP contribution in [0.5, 0.6) is 0 Å². The average Bonchev–Trinajstić information content (AvgIpc) is 2.83. The first-order valence-corrected chi connectivity index (χ1v) is 7.40. The summed E-state index contributed by atoms with van der Waals surface area (Å²) in [7, 11) is 0. The lowest BCUT2D eigenvalue weighted by Crippen LogP contribution is -1.98. The van der Waals surface area contributed by atoms with Crippen molar-refractivity contribution in [2.45, 2.75) is 38.0 Å². The number of oxazole rings is 1. The molecule has 0 aliphatic heterocycles. The van der Waals surface area contributed by atoms with Crippen molar-refractivity contribution in [3.63, 3.8) is 0 Å². The molecule has 4 rings (SSSR count). The first-order valence-electron chi connectivity index (χ1n) is 6.58. The zero-order valence-electron chi connectivity index (χ0n) is 10.3. The second kappa shape index (κ2) is 3.93. The molecule has 2 aromatic heterocycles. The van der Waals surface area contributed by atoms with E-state index in [1.165, 1.54) is 16.9 Å². The van der Waals surface area contributed by atoms with Gasteiger partial charge >= 0.3 is 5.97 Å². The second-order valence-corrected chi connectivity index (χ2v) is 6.36. The molecule has 0 saturated heterocycles. The van der Waals surface area contributed by atoms with Gasteiger partial charge in [0.05, 0.1) is 10.6 Å². The van der Waals surface area contributed by atoms with Gasteiger partial charge in [-0.1, -0.05) is 0 Å². The van der Waals surface area contributed by atoms with Gasteiger partial charge < -0.3 is 9.52 Å². The van der Waals surface area contributed by atoms with Crippen molar-refractivity contribution in [1.29, 1.82) is 0 Å². The van der Waals surface area contributed by atoms with Crippen molar-refractivity contribution in [2.24, 2.45) is 0 Å². The lowest BCUT2D eigenvalue weighted by molar-refractivity contribution is 0.0661. The Balaban J connectivity index is 1.77. The maximum absolute atomic E-state index is 11.2. The molecule has 2 heterocycles. The molecule has 2 aromatic rings. The van der Waals surface area contributed by atoms with Gasteiger partial charge in [0.25, 0.3) is 0 Å². The third-order valence-electron chi connectivity index (χ3n) is 3.77. The van der Waals surface area contributed by atoms with Gasteiger partial charge in [-0.15, -0.1) is 11.3 Å². The quantitative estimate of drug-likeness (QED) is 0.931. The molecule has 2 aliphatic carbocycles. The van der Waals surface area contributed by atoms with Gasteiger partial charge in [-0.2, -0.15) is 0 Å². The van der Waals surface area contributed by atoms with E-state index >= 15 is 0 Å². The smallest absolute Gasteiger partial charge is 0.373 e. The van der Waals surface area contributed by atoms with Crippen LogP contribution in [0.15, 0.2) is 10.5 Å². The minimum Gasteiger partial charge on any atom is -0.475 e. The third-order valence-corrected chi connectivity index (χ3v) is 4.99. The van der Waals surface area contributed by atoms with Gasteiger partial charge in [-0.25, -0.2) is 9.78 Å². The van der Waals surface area contributed by atoms with Crippen LogP contribution in [-0.4, -0.2) is 16.1 Å². The molecule has 1 saturated carbocycles. The fourth-order valence-corrected chi connectivity index (χ4v) is 3.84. The van der Waals surface area contributed by atoms with Gasteiger partial charge in [-0.05, 0) is 43.7 Å². The molecule has 0 unspecified atom stereocenters. The Bertz CT molecular complexity index is 645. The van der Waals surface area contributed by atoms with Crippen LogP contribution in [-0.2, 0) is 12.8 Å². The normalized spacial score (nSPS) is 17.7. The van der Waals surface area contributed by atoms with Gasteiger partial charge in [0.15, 0.2) is 0 Å². The minimum absolute atomic E-state index is 0.0334. The van der Waals surface area contributed by atoms with Gasteiger partial charge in [0.2, 0.25) is 11.7 Å². The second-order valence-electron chi connectivity index (χ2n) is 5.23. The van der Waals surface area contributed by atoms with E-state index in [0.29, 0.717) is 11.6 Å². The number of fused-ring (bicyclic) bond motifs is 1. The average molecular weight is 275 g/mol. The van der Waals surface area contributed by atoms with E-state index in [1.54, 1.807) is 11.3 Å².